The van der Waals surface area contributed by atoms with Crippen LogP contribution in [0.5, 0.6) is 0 Å². The van der Waals surface area contributed by atoms with Crippen LogP contribution in [0.1, 0.15) is 41.9 Å². The molecule has 0 N–H and O–H groups in total. The van der Waals surface area contributed by atoms with E-state index in [4.69, 9.17) is 16.0 Å². The van der Waals surface area contributed by atoms with Crippen LogP contribution in [0.25, 0.3) is 0 Å². The molecule has 1 aliphatic rings. The molecule has 11 heteroatoms. The van der Waals surface area contributed by atoms with E-state index < -0.39 is 17.8 Å². The van der Waals surface area contributed by atoms with E-state index in [1.54, 1.807) is 0 Å². The van der Waals surface area contributed by atoms with Crippen molar-refractivity contribution in [2.24, 2.45) is 0 Å². The van der Waals surface area contributed by atoms with Gasteiger partial charge in [0.25, 0.3) is 0 Å². The molecule has 25 heavy (non-hydrogen) atoms. The number of methoxy groups -OCH3 is 1. The topological polar surface area (TPSA) is 83.0 Å². The molecule has 1 saturated carbocycles. The van der Waals surface area contributed by atoms with Crippen molar-refractivity contribution < 1.29 is 27.1 Å². The number of ether oxygens (including phenoxy) is 1. The number of esters is 1. The highest BCUT2D eigenvalue weighted by Crippen LogP contribution is 2.46. The number of rotatable bonds is 6. The lowest BCUT2D eigenvalue weighted by atomic mass is 10.2. The summed E-state index contributed by atoms with van der Waals surface area (Å²) < 4.78 is 50.0. The van der Waals surface area contributed by atoms with Gasteiger partial charge in [-0.2, -0.15) is 18.3 Å². The summed E-state index contributed by atoms with van der Waals surface area (Å²) in [6.45, 7) is 0.113. The van der Waals surface area contributed by atoms with E-state index in [9.17, 15) is 18.0 Å². The summed E-state index contributed by atoms with van der Waals surface area (Å²) in [5.41, 5.74) is -0.684. The number of alkyl halides is 3. The van der Waals surface area contributed by atoms with Gasteiger partial charge in [0.15, 0.2) is 5.69 Å². The molecule has 136 valence electrons. The third-order valence-corrected chi connectivity index (χ3v) is 4.11. The number of aryl methyl sites for hydroxylation is 2. The van der Waals surface area contributed by atoms with E-state index >= 15 is 0 Å². The Kier molecular flexibility index (Phi) is 4.72. The fraction of sp³-hybridized carbons (Fsp3) is 0.571. The van der Waals surface area contributed by atoms with Gasteiger partial charge in [0.1, 0.15) is 6.42 Å². The first-order valence-corrected chi connectivity index (χ1v) is 7.89. The van der Waals surface area contributed by atoms with Crippen molar-refractivity contribution in [1.82, 2.24) is 20.0 Å². The maximum absolute atomic E-state index is 13.0. The number of nitrogens with zero attached hydrogens (tertiary/aromatic N) is 4. The second-order valence-electron chi connectivity index (χ2n) is 5.64. The van der Waals surface area contributed by atoms with Crippen molar-refractivity contribution in [1.29, 1.82) is 0 Å². The molecule has 1 aliphatic carbocycles. The fourth-order valence-electron chi connectivity index (χ4n) is 2.41. The van der Waals surface area contributed by atoms with Gasteiger partial charge in [0.05, 0.1) is 24.4 Å². The van der Waals surface area contributed by atoms with Crippen LogP contribution in [0.2, 0.25) is 5.02 Å². The second-order valence-corrected chi connectivity index (χ2v) is 6.01. The molecule has 0 saturated heterocycles. The lowest BCUT2D eigenvalue weighted by Crippen LogP contribution is -2.10. The van der Waals surface area contributed by atoms with Crippen LogP contribution in [0.3, 0.4) is 0 Å². The van der Waals surface area contributed by atoms with Gasteiger partial charge in [-0.25, -0.2) is 0 Å². The summed E-state index contributed by atoms with van der Waals surface area (Å²) in [6, 6.07) is 0. The van der Waals surface area contributed by atoms with Gasteiger partial charge in [0, 0.05) is 12.3 Å². The minimum absolute atomic E-state index is 0.00586. The van der Waals surface area contributed by atoms with E-state index in [2.05, 4.69) is 20.0 Å². The van der Waals surface area contributed by atoms with Crippen molar-refractivity contribution in [2.75, 3.05) is 7.11 Å². The van der Waals surface area contributed by atoms with Crippen LogP contribution in [0, 0.1) is 0 Å². The number of halogens is 4. The Morgan fingerprint density at radius 1 is 1.36 bits per heavy atom. The first-order valence-electron chi connectivity index (χ1n) is 7.51. The SMILES string of the molecule is COC(=O)Cc1nnc(CCn2nc(C(F)(F)F)c(Cl)c2C2CC2)o1. The molecule has 2 heterocycles. The molecule has 1 fully saturated rings. The number of hydrogen-bond acceptors (Lipinski definition) is 6. The van der Waals surface area contributed by atoms with Gasteiger partial charge < -0.3 is 9.15 Å². The van der Waals surface area contributed by atoms with Crippen molar-refractivity contribution in [3.05, 3.63) is 28.2 Å². The van der Waals surface area contributed by atoms with Crippen LogP contribution >= 0.6 is 11.6 Å². The van der Waals surface area contributed by atoms with Crippen molar-refractivity contribution in [2.45, 2.75) is 44.3 Å². The number of carbonyl (C=O) groups is 1. The molecule has 3 rings (SSSR count). The van der Waals surface area contributed by atoms with Crippen LogP contribution in [0.4, 0.5) is 13.2 Å². The van der Waals surface area contributed by atoms with Crippen LogP contribution in [0.15, 0.2) is 4.42 Å². The summed E-state index contributed by atoms with van der Waals surface area (Å²) in [5, 5.41) is 10.7. The average Bonchev–Trinajstić information content (AvgIpc) is 3.17. The molecular formula is C14H14ClF3N4O3. The summed E-state index contributed by atoms with van der Waals surface area (Å²) in [7, 11) is 1.23. The molecule has 0 spiro atoms. The molecule has 7 nitrogen and oxygen atoms in total. The first kappa shape index (κ1) is 17.7. The molecule has 0 atom stereocenters. The van der Waals surface area contributed by atoms with Crippen LogP contribution < -0.4 is 0 Å². The summed E-state index contributed by atoms with van der Waals surface area (Å²) in [5.74, 6) is -0.256. The van der Waals surface area contributed by atoms with Crippen molar-refractivity contribution >= 4 is 17.6 Å². The van der Waals surface area contributed by atoms with E-state index in [-0.39, 0.29) is 42.1 Å². The normalized spacial score (nSPS) is 14.8. The van der Waals surface area contributed by atoms with E-state index in [0.29, 0.717) is 5.69 Å². The molecule has 0 amide bonds. The zero-order valence-corrected chi connectivity index (χ0v) is 13.9. The monoisotopic (exact) mass is 378 g/mol. The van der Waals surface area contributed by atoms with E-state index in [0.717, 1.165) is 12.8 Å². The average molecular weight is 379 g/mol. The minimum atomic E-state index is -4.61. The second kappa shape index (κ2) is 6.66. The molecule has 0 aliphatic heterocycles. The molecule has 0 radical (unpaired) electrons. The third kappa shape index (κ3) is 3.94. The molecule has 0 bridgehead atoms. The lowest BCUT2D eigenvalue weighted by Gasteiger charge is -2.04. The highest BCUT2D eigenvalue weighted by atomic mass is 35.5. The fourth-order valence-corrected chi connectivity index (χ4v) is 2.81. The summed E-state index contributed by atoms with van der Waals surface area (Å²) >= 11 is 5.90. The number of hydrogen-bond donors (Lipinski definition) is 0. The Morgan fingerprint density at radius 3 is 2.64 bits per heavy atom. The van der Waals surface area contributed by atoms with Crippen LogP contribution in [-0.4, -0.2) is 33.1 Å². The molecule has 0 aromatic carbocycles. The zero-order chi connectivity index (χ0) is 18.2. The number of aromatic nitrogens is 4. The quantitative estimate of drug-likeness (QED) is 0.719. The van der Waals surface area contributed by atoms with E-state index in [1.165, 1.54) is 11.8 Å². The summed E-state index contributed by atoms with van der Waals surface area (Å²) in [6.07, 6.45) is -3.03. The van der Waals surface area contributed by atoms with Gasteiger partial charge in [-0.05, 0) is 12.8 Å². The highest BCUT2D eigenvalue weighted by Gasteiger charge is 2.42. The maximum atomic E-state index is 13.0. The van der Waals surface area contributed by atoms with Crippen molar-refractivity contribution in [3.8, 4) is 0 Å². The standard InChI is InChI=1S/C14H14ClF3N4O3/c1-24-10(23)6-9-20-19-8(25-9)4-5-22-12(7-2-3-7)11(15)13(21-22)14(16,17)18/h7H,2-6H2,1H3. The maximum Gasteiger partial charge on any atom is 0.436 e. The molecule has 0 unspecified atom stereocenters. The Balaban J connectivity index is 1.74. The Labute approximate surface area is 145 Å². The molecular weight excluding hydrogens is 365 g/mol. The van der Waals surface area contributed by atoms with Gasteiger partial charge >= 0.3 is 12.1 Å². The van der Waals surface area contributed by atoms with Gasteiger partial charge in [0.2, 0.25) is 11.8 Å². The summed E-state index contributed by atoms with van der Waals surface area (Å²) in [4.78, 5) is 11.1. The van der Waals surface area contributed by atoms with E-state index in [1.807, 2.05) is 0 Å². The van der Waals surface area contributed by atoms with Crippen LogP contribution in [-0.2, 0) is 35.1 Å². The van der Waals surface area contributed by atoms with Crippen molar-refractivity contribution in [3.63, 3.8) is 0 Å². The van der Waals surface area contributed by atoms with Gasteiger partial charge in [-0.15, -0.1) is 10.2 Å². The first-order chi connectivity index (χ1) is 11.8. The molecule has 2 aromatic heterocycles. The minimum Gasteiger partial charge on any atom is -0.469 e. The molecule has 2 aromatic rings. The smallest absolute Gasteiger partial charge is 0.436 e. The van der Waals surface area contributed by atoms with Gasteiger partial charge in [-0.1, -0.05) is 11.6 Å². The zero-order valence-electron chi connectivity index (χ0n) is 13.1. The predicted octanol–water partition coefficient (Wildman–Crippen LogP) is 2.77. The number of carbonyl (C=O) groups excluding carboxylic acids is 1. The third-order valence-electron chi connectivity index (χ3n) is 3.73. The highest BCUT2D eigenvalue weighted by molar-refractivity contribution is 6.32. The predicted molar refractivity (Wildman–Crippen MR) is 77.9 cm³/mol. The Hall–Kier alpha value is -2.10. The van der Waals surface area contributed by atoms with Gasteiger partial charge in [-0.3, -0.25) is 9.48 Å². The lowest BCUT2D eigenvalue weighted by molar-refractivity contribution is -0.141. The Morgan fingerprint density at radius 2 is 2.04 bits per heavy atom. The largest absolute Gasteiger partial charge is 0.469 e. The Bertz CT molecular complexity index is 783.